The molecule has 0 rings (SSSR count). The minimum atomic E-state index is -2.12. The third kappa shape index (κ3) is 1.87. The Kier molecular flexibility index (Phi) is 3.70. The monoisotopic (exact) mass is 229 g/mol. The number of carbonyl (C=O) groups excluding carboxylic acids is 3. The molecule has 0 aromatic carbocycles. The highest BCUT2D eigenvalue weighted by molar-refractivity contribution is 5.88. The highest BCUT2D eigenvalue weighted by Gasteiger charge is 2.47. The van der Waals surface area contributed by atoms with Crippen LogP contribution in [0.5, 0.6) is 0 Å². The molecule has 0 aliphatic heterocycles. The van der Waals surface area contributed by atoms with Crippen molar-refractivity contribution in [3.63, 3.8) is 0 Å². The number of carboxylic acids is 3. The molecule has 0 saturated heterocycles. The zero-order valence-electron chi connectivity index (χ0n) is 9.53. The molecule has 6 nitrogen and oxygen atoms in total. The molecular weight excluding hydrogens is 216 g/mol. The molecular formula is C10H13O6-3. The summed E-state index contributed by atoms with van der Waals surface area (Å²) >= 11 is 0. The van der Waals surface area contributed by atoms with E-state index in [0.29, 0.717) is 0 Å². The van der Waals surface area contributed by atoms with Crippen LogP contribution in [0.2, 0.25) is 0 Å². The predicted molar refractivity (Wildman–Crippen MR) is 46.1 cm³/mol. The van der Waals surface area contributed by atoms with Crippen molar-refractivity contribution in [2.45, 2.75) is 27.7 Å². The summed E-state index contributed by atoms with van der Waals surface area (Å²) in [4.78, 5) is 32.6. The van der Waals surface area contributed by atoms with Crippen molar-refractivity contribution in [2.24, 2.45) is 16.7 Å². The van der Waals surface area contributed by atoms with Crippen LogP contribution < -0.4 is 15.3 Å². The molecule has 0 radical (unpaired) electrons. The Labute approximate surface area is 92.9 Å². The molecule has 6 heteroatoms. The first kappa shape index (κ1) is 14.4. The van der Waals surface area contributed by atoms with E-state index in [9.17, 15) is 29.7 Å². The summed E-state index contributed by atoms with van der Waals surface area (Å²) in [6, 6.07) is 0. The molecule has 0 heterocycles. The van der Waals surface area contributed by atoms with E-state index >= 15 is 0 Å². The molecule has 2 unspecified atom stereocenters. The minimum absolute atomic E-state index is 0.999. The van der Waals surface area contributed by atoms with Crippen molar-refractivity contribution in [2.75, 3.05) is 0 Å². The van der Waals surface area contributed by atoms with Gasteiger partial charge in [-0.05, 0) is 0 Å². The summed E-state index contributed by atoms with van der Waals surface area (Å²) < 4.78 is 0. The predicted octanol–water partition coefficient (Wildman–Crippen LogP) is -3.10. The number of hydrogen-bond acceptors (Lipinski definition) is 6. The van der Waals surface area contributed by atoms with Crippen molar-refractivity contribution < 1.29 is 29.7 Å². The Morgan fingerprint density at radius 2 is 1.31 bits per heavy atom. The van der Waals surface area contributed by atoms with Gasteiger partial charge >= 0.3 is 0 Å². The Bertz CT molecular complexity index is 332. The van der Waals surface area contributed by atoms with Gasteiger partial charge in [0.25, 0.3) is 0 Å². The molecule has 92 valence electrons. The molecule has 0 fully saturated rings. The SMILES string of the molecule is CC(C(=O)[O-])C(C)(C(=O)[O-])C(C)(C)C(=O)[O-]. The molecule has 0 aliphatic rings. The van der Waals surface area contributed by atoms with Crippen molar-refractivity contribution in [3.8, 4) is 0 Å². The second kappa shape index (κ2) is 4.11. The van der Waals surface area contributed by atoms with E-state index in [-0.39, 0.29) is 0 Å². The summed E-state index contributed by atoms with van der Waals surface area (Å²) in [6.07, 6.45) is 0. The zero-order valence-corrected chi connectivity index (χ0v) is 9.53. The van der Waals surface area contributed by atoms with Crippen LogP contribution in [-0.2, 0) is 14.4 Å². The highest BCUT2D eigenvalue weighted by atomic mass is 16.4. The quantitative estimate of drug-likeness (QED) is 0.492. The number of carboxylic acid groups (broad SMARTS) is 3. The Morgan fingerprint density at radius 3 is 1.50 bits per heavy atom. The second-order valence-corrected chi connectivity index (χ2v) is 4.44. The smallest absolute Gasteiger partial charge is 0.0489 e. The number of hydrogen-bond donors (Lipinski definition) is 0. The summed E-state index contributed by atoms with van der Waals surface area (Å²) in [5, 5.41) is 32.6. The number of rotatable bonds is 5. The van der Waals surface area contributed by atoms with Gasteiger partial charge in [-0.15, -0.1) is 0 Å². The van der Waals surface area contributed by atoms with Crippen molar-refractivity contribution in [1.29, 1.82) is 0 Å². The summed E-state index contributed by atoms with van der Waals surface area (Å²) in [5.41, 5.74) is -4.02. The van der Waals surface area contributed by atoms with Gasteiger partial charge in [-0.3, -0.25) is 0 Å². The number of carbonyl (C=O) groups is 3. The summed E-state index contributed by atoms with van der Waals surface area (Å²) in [7, 11) is 0. The minimum Gasteiger partial charge on any atom is -0.550 e. The lowest BCUT2D eigenvalue weighted by Gasteiger charge is -2.49. The fourth-order valence-electron chi connectivity index (χ4n) is 1.42. The van der Waals surface area contributed by atoms with Crippen LogP contribution in [0.4, 0.5) is 0 Å². The Balaban J connectivity index is 5.71. The van der Waals surface area contributed by atoms with Crippen LogP contribution >= 0.6 is 0 Å². The van der Waals surface area contributed by atoms with Crippen molar-refractivity contribution in [1.82, 2.24) is 0 Å². The highest BCUT2D eigenvalue weighted by Crippen LogP contribution is 2.44. The fourth-order valence-corrected chi connectivity index (χ4v) is 1.42. The Hall–Kier alpha value is -1.59. The maximum Gasteiger partial charge on any atom is 0.0489 e. The molecule has 0 N–H and O–H groups in total. The van der Waals surface area contributed by atoms with Crippen LogP contribution in [0.15, 0.2) is 0 Å². The van der Waals surface area contributed by atoms with Crippen LogP contribution in [0, 0.1) is 16.7 Å². The third-order valence-corrected chi connectivity index (χ3v) is 3.45. The van der Waals surface area contributed by atoms with Crippen LogP contribution in [0.3, 0.4) is 0 Å². The molecule has 0 spiro atoms. The first-order chi connectivity index (χ1) is 6.99. The normalized spacial score (nSPS) is 17.2. The molecule has 0 bridgehead atoms. The first-order valence-electron chi connectivity index (χ1n) is 4.63. The van der Waals surface area contributed by atoms with E-state index in [2.05, 4.69) is 0 Å². The van der Waals surface area contributed by atoms with Crippen LogP contribution in [-0.4, -0.2) is 17.9 Å². The van der Waals surface area contributed by atoms with Crippen LogP contribution in [0.1, 0.15) is 27.7 Å². The maximum absolute atomic E-state index is 11.0. The average Bonchev–Trinajstić information content (AvgIpc) is 2.14. The van der Waals surface area contributed by atoms with Crippen molar-refractivity contribution in [3.05, 3.63) is 0 Å². The molecule has 0 aromatic rings. The van der Waals surface area contributed by atoms with Gasteiger partial charge in [-0.2, -0.15) is 0 Å². The Morgan fingerprint density at radius 1 is 0.938 bits per heavy atom. The lowest BCUT2D eigenvalue weighted by atomic mass is 9.60. The van der Waals surface area contributed by atoms with Gasteiger partial charge in [0, 0.05) is 34.7 Å². The zero-order chi connectivity index (χ0) is 13.3. The standard InChI is InChI=1S/C10H16O6/c1-5(6(11)12)10(4,8(15)16)9(2,3)7(13)14/h5H,1-4H3,(H,11,12)(H,13,14)(H,15,16)/p-3. The van der Waals surface area contributed by atoms with Crippen LogP contribution in [0.25, 0.3) is 0 Å². The van der Waals surface area contributed by atoms with Gasteiger partial charge in [-0.1, -0.05) is 27.7 Å². The first-order valence-corrected chi connectivity index (χ1v) is 4.63. The van der Waals surface area contributed by atoms with Gasteiger partial charge in [0.05, 0.1) is 0 Å². The maximum atomic E-state index is 11.0. The molecule has 0 saturated carbocycles. The molecule has 0 amide bonds. The average molecular weight is 229 g/mol. The van der Waals surface area contributed by atoms with E-state index in [1.165, 1.54) is 0 Å². The molecule has 0 aliphatic carbocycles. The largest absolute Gasteiger partial charge is 0.550 e. The summed E-state index contributed by atoms with van der Waals surface area (Å²) in [6.45, 7) is 4.23. The number of aliphatic carboxylic acids is 3. The molecule has 16 heavy (non-hydrogen) atoms. The lowest BCUT2D eigenvalue weighted by Crippen LogP contribution is -2.62. The van der Waals surface area contributed by atoms with E-state index in [1.54, 1.807) is 0 Å². The van der Waals surface area contributed by atoms with Crippen molar-refractivity contribution >= 4 is 17.9 Å². The molecule has 2 atom stereocenters. The van der Waals surface area contributed by atoms with E-state index in [4.69, 9.17) is 0 Å². The topological polar surface area (TPSA) is 120 Å². The van der Waals surface area contributed by atoms with E-state index in [0.717, 1.165) is 27.7 Å². The van der Waals surface area contributed by atoms with Gasteiger partial charge < -0.3 is 29.7 Å². The van der Waals surface area contributed by atoms with Gasteiger partial charge in [0.1, 0.15) is 0 Å². The third-order valence-electron chi connectivity index (χ3n) is 3.45. The molecule has 0 aromatic heterocycles. The summed E-state index contributed by atoms with van der Waals surface area (Å²) in [5.74, 6) is -6.60. The van der Waals surface area contributed by atoms with Gasteiger partial charge in [-0.25, -0.2) is 0 Å². The van der Waals surface area contributed by atoms with Gasteiger partial charge in [0.2, 0.25) is 0 Å². The fraction of sp³-hybridized carbons (Fsp3) is 0.700. The van der Waals surface area contributed by atoms with E-state index < -0.39 is 34.7 Å². The van der Waals surface area contributed by atoms with Gasteiger partial charge in [0.15, 0.2) is 0 Å². The second-order valence-electron chi connectivity index (χ2n) is 4.44. The lowest BCUT2D eigenvalue weighted by molar-refractivity contribution is -0.351. The van der Waals surface area contributed by atoms with E-state index in [1.807, 2.05) is 0 Å².